The van der Waals surface area contributed by atoms with Gasteiger partial charge in [0.25, 0.3) is 0 Å². The van der Waals surface area contributed by atoms with E-state index in [0.717, 1.165) is 6.42 Å². The first kappa shape index (κ1) is 15.9. The minimum Gasteiger partial charge on any atom is -0.481 e. The van der Waals surface area contributed by atoms with Crippen molar-refractivity contribution in [3.63, 3.8) is 0 Å². The van der Waals surface area contributed by atoms with Crippen molar-refractivity contribution in [1.82, 2.24) is 4.90 Å². The fourth-order valence-electron chi connectivity index (χ4n) is 1.67. The van der Waals surface area contributed by atoms with Crippen molar-refractivity contribution in [3.05, 3.63) is 0 Å². The van der Waals surface area contributed by atoms with E-state index in [-0.39, 0.29) is 18.4 Å². The summed E-state index contributed by atoms with van der Waals surface area (Å²) in [6, 6.07) is -0.411. The van der Waals surface area contributed by atoms with E-state index in [1.165, 1.54) is 0 Å². The van der Waals surface area contributed by atoms with Gasteiger partial charge in [-0.3, -0.25) is 9.59 Å². The van der Waals surface area contributed by atoms with E-state index in [4.69, 9.17) is 10.8 Å². The molecule has 0 radical (unpaired) electrons. The first-order valence-corrected chi connectivity index (χ1v) is 6.18. The van der Waals surface area contributed by atoms with Gasteiger partial charge in [0.1, 0.15) is 0 Å². The third kappa shape index (κ3) is 6.26. The molecule has 5 nitrogen and oxygen atoms in total. The molecule has 0 spiro atoms. The molecule has 0 rings (SSSR count). The van der Waals surface area contributed by atoms with Gasteiger partial charge < -0.3 is 15.7 Å². The molecule has 0 heterocycles. The molecule has 0 bridgehead atoms. The third-order valence-corrected chi connectivity index (χ3v) is 2.61. The molecule has 0 aliphatic rings. The van der Waals surface area contributed by atoms with E-state index in [1.54, 1.807) is 4.90 Å². The summed E-state index contributed by atoms with van der Waals surface area (Å²) in [5.74, 6) is -0.911. The lowest BCUT2D eigenvalue weighted by molar-refractivity contribution is -0.139. The van der Waals surface area contributed by atoms with Crippen molar-refractivity contribution in [3.8, 4) is 0 Å². The summed E-state index contributed by atoms with van der Waals surface area (Å²) >= 11 is 0. The highest BCUT2D eigenvalue weighted by atomic mass is 16.4. The Labute approximate surface area is 103 Å². The molecule has 5 heteroatoms. The fourth-order valence-corrected chi connectivity index (χ4v) is 1.67. The lowest BCUT2D eigenvalue weighted by Crippen LogP contribution is -2.47. The second kappa shape index (κ2) is 8.06. The minimum atomic E-state index is -0.834. The Morgan fingerprint density at radius 2 is 1.94 bits per heavy atom. The van der Waals surface area contributed by atoms with Crippen molar-refractivity contribution in [1.29, 1.82) is 0 Å². The smallest absolute Gasteiger partial charge is 0.303 e. The molecule has 17 heavy (non-hydrogen) atoms. The van der Waals surface area contributed by atoms with Crippen LogP contribution in [0.2, 0.25) is 0 Å². The molecule has 0 saturated carbocycles. The molecule has 0 fully saturated rings. The summed E-state index contributed by atoms with van der Waals surface area (Å²) < 4.78 is 0. The molecule has 100 valence electrons. The molecule has 1 atom stereocenters. The van der Waals surface area contributed by atoms with E-state index in [1.807, 2.05) is 20.8 Å². The number of nitrogens with zero attached hydrogens (tertiary/aromatic N) is 1. The number of amides is 1. The molecule has 1 amide bonds. The van der Waals surface area contributed by atoms with Crippen LogP contribution in [0, 0.1) is 0 Å². The number of carboxylic acid groups (broad SMARTS) is 1. The molecule has 0 aromatic carbocycles. The highest BCUT2D eigenvalue weighted by Gasteiger charge is 2.22. The maximum absolute atomic E-state index is 12.0. The number of carbonyl (C=O) groups is 2. The topological polar surface area (TPSA) is 83.6 Å². The maximum Gasteiger partial charge on any atom is 0.303 e. The van der Waals surface area contributed by atoms with Gasteiger partial charge in [-0.2, -0.15) is 0 Å². The highest BCUT2D eigenvalue weighted by molar-refractivity contribution is 5.81. The Bertz CT molecular complexity index is 254. The van der Waals surface area contributed by atoms with Crippen LogP contribution >= 0.6 is 0 Å². The van der Waals surface area contributed by atoms with Crippen LogP contribution in [0.15, 0.2) is 0 Å². The van der Waals surface area contributed by atoms with Crippen LogP contribution in [0.4, 0.5) is 0 Å². The Morgan fingerprint density at radius 1 is 1.35 bits per heavy atom. The number of carbonyl (C=O) groups excluding carboxylic acids is 1. The van der Waals surface area contributed by atoms with Crippen molar-refractivity contribution < 1.29 is 14.7 Å². The van der Waals surface area contributed by atoms with Crippen molar-refractivity contribution >= 4 is 11.9 Å². The number of rotatable bonds is 8. The monoisotopic (exact) mass is 244 g/mol. The Balaban J connectivity index is 4.31. The van der Waals surface area contributed by atoms with E-state index in [0.29, 0.717) is 19.4 Å². The second-order valence-corrected chi connectivity index (χ2v) is 4.52. The third-order valence-electron chi connectivity index (χ3n) is 2.61. The molecular formula is C12H24N2O3. The zero-order valence-electron chi connectivity index (χ0n) is 11.0. The highest BCUT2D eigenvalue weighted by Crippen LogP contribution is 2.07. The van der Waals surface area contributed by atoms with Crippen LogP contribution in [0.5, 0.6) is 0 Å². The lowest BCUT2D eigenvalue weighted by atomic mass is 10.1. The van der Waals surface area contributed by atoms with Crippen LogP contribution in [0.1, 0.15) is 46.5 Å². The summed E-state index contributed by atoms with van der Waals surface area (Å²) in [7, 11) is 0. The zero-order valence-corrected chi connectivity index (χ0v) is 11.0. The molecule has 0 aliphatic heterocycles. The second-order valence-electron chi connectivity index (χ2n) is 4.52. The van der Waals surface area contributed by atoms with Gasteiger partial charge in [-0.15, -0.1) is 0 Å². The molecule has 0 aliphatic carbocycles. The average molecular weight is 244 g/mol. The van der Waals surface area contributed by atoms with Crippen molar-refractivity contribution in [2.24, 2.45) is 5.73 Å². The maximum atomic E-state index is 12.0. The normalized spacial score (nSPS) is 12.5. The quantitative estimate of drug-likeness (QED) is 0.672. The van der Waals surface area contributed by atoms with Gasteiger partial charge >= 0.3 is 5.97 Å². The van der Waals surface area contributed by atoms with Gasteiger partial charge in [0.15, 0.2) is 0 Å². The van der Waals surface area contributed by atoms with Gasteiger partial charge in [-0.05, 0) is 26.7 Å². The van der Waals surface area contributed by atoms with Gasteiger partial charge in [-0.1, -0.05) is 13.3 Å². The number of aliphatic carboxylic acids is 1. The summed E-state index contributed by atoms with van der Waals surface area (Å²) in [5.41, 5.74) is 5.79. The number of hydrogen-bond donors (Lipinski definition) is 2. The first-order valence-electron chi connectivity index (χ1n) is 6.18. The predicted molar refractivity (Wildman–Crippen MR) is 66.6 cm³/mol. The molecule has 0 aromatic rings. The minimum absolute atomic E-state index is 0.0548. The molecule has 0 aromatic heterocycles. The van der Waals surface area contributed by atoms with Gasteiger partial charge in [-0.25, -0.2) is 0 Å². The summed E-state index contributed by atoms with van der Waals surface area (Å²) in [6.45, 7) is 6.27. The predicted octanol–water partition coefficient (Wildman–Crippen LogP) is 1.22. The average Bonchev–Trinajstić information content (AvgIpc) is 2.23. The van der Waals surface area contributed by atoms with E-state index in [2.05, 4.69) is 0 Å². The van der Waals surface area contributed by atoms with E-state index < -0.39 is 12.0 Å². The molecule has 1 unspecified atom stereocenters. The van der Waals surface area contributed by atoms with Crippen molar-refractivity contribution in [2.45, 2.75) is 58.5 Å². The molecule has 3 N–H and O–H groups in total. The lowest BCUT2D eigenvalue weighted by Gasteiger charge is -2.29. The van der Waals surface area contributed by atoms with E-state index in [9.17, 15) is 9.59 Å². The summed E-state index contributed by atoms with van der Waals surface area (Å²) in [6.07, 6.45) is 2.09. The van der Waals surface area contributed by atoms with Crippen LogP contribution in [-0.2, 0) is 9.59 Å². The first-order chi connectivity index (χ1) is 7.90. The largest absolute Gasteiger partial charge is 0.481 e. The standard InChI is InChI=1S/C12H24N2O3/c1-4-6-10(13)12(17)14(9(2)3)8-5-7-11(15)16/h9-10H,4-8,13H2,1-3H3,(H,15,16). The molecular weight excluding hydrogens is 220 g/mol. The Hall–Kier alpha value is -1.10. The fraction of sp³-hybridized carbons (Fsp3) is 0.833. The number of hydrogen-bond acceptors (Lipinski definition) is 3. The van der Waals surface area contributed by atoms with Crippen LogP contribution in [0.3, 0.4) is 0 Å². The SMILES string of the molecule is CCCC(N)C(=O)N(CCCC(=O)O)C(C)C. The van der Waals surface area contributed by atoms with Gasteiger partial charge in [0.05, 0.1) is 6.04 Å². The summed E-state index contributed by atoms with van der Waals surface area (Å²) in [5, 5.41) is 8.57. The van der Waals surface area contributed by atoms with Gasteiger partial charge in [0.2, 0.25) is 5.91 Å². The van der Waals surface area contributed by atoms with Gasteiger partial charge in [0, 0.05) is 19.0 Å². The van der Waals surface area contributed by atoms with E-state index >= 15 is 0 Å². The van der Waals surface area contributed by atoms with Crippen molar-refractivity contribution in [2.75, 3.05) is 6.54 Å². The Morgan fingerprint density at radius 3 is 2.35 bits per heavy atom. The molecule has 0 saturated heterocycles. The Kier molecular flexibility index (Phi) is 7.54. The van der Waals surface area contributed by atoms with Crippen LogP contribution in [0.25, 0.3) is 0 Å². The van der Waals surface area contributed by atoms with Crippen LogP contribution < -0.4 is 5.73 Å². The number of carboxylic acids is 1. The number of nitrogens with two attached hydrogens (primary N) is 1. The van der Waals surface area contributed by atoms with Crippen LogP contribution in [-0.4, -0.2) is 40.5 Å². The zero-order chi connectivity index (χ0) is 13.4. The summed E-state index contributed by atoms with van der Waals surface area (Å²) in [4.78, 5) is 24.1.